The van der Waals surface area contributed by atoms with E-state index in [-0.39, 0.29) is 10.8 Å². The molecule has 1 heterocycles. The molecule has 0 aliphatic heterocycles. The lowest BCUT2D eigenvalue weighted by molar-refractivity contribution is 0.0985. The first-order chi connectivity index (χ1) is 16.8. The van der Waals surface area contributed by atoms with Crippen molar-refractivity contribution in [3.63, 3.8) is 0 Å². The van der Waals surface area contributed by atoms with E-state index < -0.39 is 10.0 Å². The van der Waals surface area contributed by atoms with Crippen molar-refractivity contribution in [3.05, 3.63) is 88.4 Å². The Kier molecular flexibility index (Phi) is 7.56. The first-order valence-corrected chi connectivity index (χ1v) is 13.9. The van der Waals surface area contributed by atoms with E-state index in [1.165, 1.54) is 27.8 Å². The number of nitrogens with zero attached hydrogens (tertiary/aromatic N) is 3. The number of carbonyl (C=O) groups is 1. The number of carbonyl (C=O) groups excluding carboxylic acids is 1. The second-order valence-electron chi connectivity index (χ2n) is 8.01. The summed E-state index contributed by atoms with van der Waals surface area (Å²) in [5, 5.41) is 1.18. The lowest BCUT2D eigenvalue weighted by Gasteiger charge is -2.21. The Bertz CT molecular complexity index is 1450. The van der Waals surface area contributed by atoms with E-state index in [1.54, 1.807) is 30.9 Å². The smallest absolute Gasteiger partial charge is 0.260 e. The highest BCUT2D eigenvalue weighted by molar-refractivity contribution is 7.89. The summed E-state index contributed by atoms with van der Waals surface area (Å²) in [6.45, 7) is 6.59. The van der Waals surface area contributed by atoms with Gasteiger partial charge in [0.15, 0.2) is 5.13 Å². The first-order valence-electron chi connectivity index (χ1n) is 11.3. The normalized spacial score (nSPS) is 11.8. The Balaban J connectivity index is 1.73. The van der Waals surface area contributed by atoms with Gasteiger partial charge in [0, 0.05) is 23.7 Å². The van der Waals surface area contributed by atoms with Gasteiger partial charge >= 0.3 is 0 Å². The molecule has 0 atom stereocenters. The molecule has 4 aromatic rings. The van der Waals surface area contributed by atoms with Gasteiger partial charge in [0.05, 0.1) is 21.7 Å². The fourth-order valence-corrected chi connectivity index (χ4v) is 6.47. The zero-order chi connectivity index (χ0) is 25.2. The summed E-state index contributed by atoms with van der Waals surface area (Å²) in [5.74, 6) is -0.261. The highest BCUT2D eigenvalue weighted by Crippen LogP contribution is 2.35. The van der Waals surface area contributed by atoms with Gasteiger partial charge in [-0.1, -0.05) is 67.1 Å². The standard InChI is InChI=1S/C26H26ClN3O3S2/c1-4-29(5-2)35(32,33)21-13-11-20(12-14-21)25(31)30(17-19-9-7-6-8-10-19)26-28-24-18(3)22(27)15-16-23(24)34-26/h6-16H,4-5,17H2,1-3H3. The molecule has 0 aliphatic carbocycles. The number of halogens is 1. The van der Waals surface area contributed by atoms with Crippen molar-refractivity contribution in [3.8, 4) is 0 Å². The van der Waals surface area contributed by atoms with Gasteiger partial charge in [0.2, 0.25) is 10.0 Å². The molecule has 4 rings (SSSR count). The molecule has 9 heteroatoms. The summed E-state index contributed by atoms with van der Waals surface area (Å²) in [5.41, 5.74) is 2.97. The molecule has 0 saturated heterocycles. The van der Waals surface area contributed by atoms with Gasteiger partial charge in [-0.25, -0.2) is 13.4 Å². The lowest BCUT2D eigenvalue weighted by atomic mass is 10.1. The van der Waals surface area contributed by atoms with Crippen molar-refractivity contribution in [1.82, 2.24) is 9.29 Å². The van der Waals surface area contributed by atoms with Crippen LogP contribution in [0.5, 0.6) is 0 Å². The first kappa shape index (κ1) is 25.3. The molecule has 0 fully saturated rings. The third kappa shape index (κ3) is 5.11. The molecule has 0 aliphatic rings. The van der Waals surface area contributed by atoms with E-state index in [0.717, 1.165) is 21.3 Å². The fourth-order valence-electron chi connectivity index (χ4n) is 3.83. The minimum Gasteiger partial charge on any atom is -0.279 e. The van der Waals surface area contributed by atoms with Crippen LogP contribution < -0.4 is 4.90 Å². The molecule has 0 unspecified atom stereocenters. The molecule has 0 N–H and O–H groups in total. The maximum atomic E-state index is 13.7. The Morgan fingerprint density at radius 1 is 0.971 bits per heavy atom. The summed E-state index contributed by atoms with van der Waals surface area (Å²) in [4.78, 5) is 20.2. The number of benzene rings is 3. The third-order valence-corrected chi connectivity index (χ3v) is 9.36. The Morgan fingerprint density at radius 2 is 1.63 bits per heavy atom. The average molecular weight is 528 g/mol. The third-order valence-electron chi connectivity index (χ3n) is 5.84. The Hall–Kier alpha value is -2.78. The van der Waals surface area contributed by atoms with Gasteiger partial charge in [-0.05, 0) is 54.4 Å². The number of anilines is 1. The predicted octanol–water partition coefficient (Wildman–Crippen LogP) is 6.14. The van der Waals surface area contributed by atoms with Crippen molar-refractivity contribution < 1.29 is 13.2 Å². The number of hydrogen-bond acceptors (Lipinski definition) is 5. The zero-order valence-electron chi connectivity index (χ0n) is 19.7. The number of fused-ring (bicyclic) bond motifs is 1. The van der Waals surface area contributed by atoms with Crippen LogP contribution in [0.25, 0.3) is 10.2 Å². The Morgan fingerprint density at radius 3 is 2.26 bits per heavy atom. The molecule has 1 aromatic heterocycles. The number of thiazole rings is 1. The minimum absolute atomic E-state index is 0.164. The number of hydrogen-bond donors (Lipinski definition) is 0. The van der Waals surface area contributed by atoms with Crippen LogP contribution in [0.4, 0.5) is 5.13 Å². The van der Waals surface area contributed by atoms with Crippen LogP contribution in [0.1, 0.15) is 35.3 Å². The molecule has 0 spiro atoms. The van der Waals surface area contributed by atoms with E-state index in [1.807, 2.05) is 49.4 Å². The average Bonchev–Trinajstić information content (AvgIpc) is 3.30. The summed E-state index contributed by atoms with van der Waals surface area (Å²) in [6.07, 6.45) is 0. The highest BCUT2D eigenvalue weighted by atomic mass is 35.5. The van der Waals surface area contributed by atoms with E-state index in [9.17, 15) is 13.2 Å². The molecule has 182 valence electrons. The van der Waals surface area contributed by atoms with Gasteiger partial charge in [0.25, 0.3) is 5.91 Å². The van der Waals surface area contributed by atoms with E-state index in [4.69, 9.17) is 16.6 Å². The molecule has 3 aromatic carbocycles. The molecule has 1 amide bonds. The van der Waals surface area contributed by atoms with Crippen molar-refractivity contribution in [2.24, 2.45) is 0 Å². The van der Waals surface area contributed by atoms with Crippen LogP contribution in [0.2, 0.25) is 5.02 Å². The molecule has 6 nitrogen and oxygen atoms in total. The topological polar surface area (TPSA) is 70.6 Å². The number of aryl methyl sites for hydroxylation is 1. The Labute approximate surface area is 214 Å². The maximum Gasteiger partial charge on any atom is 0.260 e. The second-order valence-corrected chi connectivity index (χ2v) is 11.4. The van der Waals surface area contributed by atoms with Crippen molar-refractivity contribution in [2.75, 3.05) is 18.0 Å². The quantitative estimate of drug-likeness (QED) is 0.276. The molecule has 0 bridgehead atoms. The van der Waals surface area contributed by atoms with Crippen LogP contribution in [0.3, 0.4) is 0 Å². The van der Waals surface area contributed by atoms with Gasteiger partial charge < -0.3 is 0 Å². The fraction of sp³-hybridized carbons (Fsp3) is 0.231. The molecule has 0 radical (unpaired) electrons. The summed E-state index contributed by atoms with van der Waals surface area (Å²) < 4.78 is 28.0. The molecular formula is C26H26ClN3O3S2. The van der Waals surface area contributed by atoms with Gasteiger partial charge in [-0.3, -0.25) is 9.69 Å². The van der Waals surface area contributed by atoms with Crippen molar-refractivity contribution >= 4 is 54.2 Å². The number of amides is 1. The van der Waals surface area contributed by atoms with E-state index in [0.29, 0.717) is 35.4 Å². The highest BCUT2D eigenvalue weighted by Gasteiger charge is 2.25. The SMILES string of the molecule is CCN(CC)S(=O)(=O)c1ccc(C(=O)N(Cc2ccccc2)c2nc3c(C)c(Cl)ccc3s2)cc1. The number of aromatic nitrogens is 1. The molecular weight excluding hydrogens is 502 g/mol. The molecule has 0 saturated carbocycles. The summed E-state index contributed by atoms with van der Waals surface area (Å²) in [6, 6.07) is 19.5. The molecule has 35 heavy (non-hydrogen) atoms. The lowest BCUT2D eigenvalue weighted by Crippen LogP contribution is -2.31. The van der Waals surface area contributed by atoms with Crippen molar-refractivity contribution in [1.29, 1.82) is 0 Å². The van der Waals surface area contributed by atoms with Gasteiger partial charge in [-0.2, -0.15) is 4.31 Å². The maximum absolute atomic E-state index is 13.7. The predicted molar refractivity (Wildman–Crippen MR) is 143 cm³/mol. The van der Waals surface area contributed by atoms with Crippen LogP contribution in [0.15, 0.2) is 71.6 Å². The van der Waals surface area contributed by atoms with Crippen LogP contribution in [-0.2, 0) is 16.6 Å². The second kappa shape index (κ2) is 10.5. The van der Waals surface area contributed by atoms with Crippen LogP contribution in [-0.4, -0.2) is 36.7 Å². The van der Waals surface area contributed by atoms with Gasteiger partial charge in [-0.15, -0.1) is 0 Å². The van der Waals surface area contributed by atoms with E-state index in [2.05, 4.69) is 0 Å². The number of sulfonamides is 1. The van der Waals surface area contributed by atoms with Gasteiger partial charge in [0.1, 0.15) is 0 Å². The van der Waals surface area contributed by atoms with Crippen LogP contribution in [0, 0.1) is 6.92 Å². The summed E-state index contributed by atoms with van der Waals surface area (Å²) >= 11 is 7.71. The number of rotatable bonds is 8. The monoisotopic (exact) mass is 527 g/mol. The largest absolute Gasteiger partial charge is 0.279 e. The minimum atomic E-state index is -3.61. The summed E-state index contributed by atoms with van der Waals surface area (Å²) in [7, 11) is -3.61. The zero-order valence-corrected chi connectivity index (χ0v) is 22.1. The van der Waals surface area contributed by atoms with E-state index >= 15 is 0 Å². The van der Waals surface area contributed by atoms with Crippen molar-refractivity contribution in [2.45, 2.75) is 32.2 Å². The van der Waals surface area contributed by atoms with Crippen LogP contribution >= 0.6 is 22.9 Å².